The maximum absolute atomic E-state index is 12.5. The van der Waals surface area contributed by atoms with Gasteiger partial charge in [-0.15, -0.1) is 0 Å². The van der Waals surface area contributed by atoms with Gasteiger partial charge in [0.05, 0.1) is 21.3 Å². The lowest BCUT2D eigenvalue weighted by Crippen LogP contribution is -2.06. The summed E-state index contributed by atoms with van der Waals surface area (Å²) in [5.41, 5.74) is 4.82. The largest absolute Gasteiger partial charge is 0.435 e. The van der Waals surface area contributed by atoms with Gasteiger partial charge < -0.3 is 10.5 Å². The fourth-order valence-corrected chi connectivity index (χ4v) is 1.92. The predicted molar refractivity (Wildman–Crippen MR) is 75.2 cm³/mol. The Balaban J connectivity index is 2.35. The van der Waals surface area contributed by atoms with E-state index in [1.54, 1.807) is 0 Å². The predicted octanol–water partition coefficient (Wildman–Crippen LogP) is 5.44. The highest BCUT2D eigenvalue weighted by Gasteiger charge is 2.31. The molecule has 0 spiro atoms. The quantitative estimate of drug-likeness (QED) is 0.729. The van der Waals surface area contributed by atoms with Crippen LogP contribution in [0.2, 0.25) is 15.1 Å². The van der Waals surface area contributed by atoms with Crippen molar-refractivity contribution >= 4 is 40.5 Å². The molecule has 0 aliphatic heterocycles. The summed E-state index contributed by atoms with van der Waals surface area (Å²) in [5.74, 6) is -0.145. The molecule has 2 rings (SSSR count). The molecule has 21 heavy (non-hydrogen) atoms. The van der Waals surface area contributed by atoms with Gasteiger partial charge in [-0.1, -0.05) is 34.8 Å². The number of nitrogens with two attached hydrogens (primary N) is 1. The monoisotopic (exact) mass is 356 g/mol. The van der Waals surface area contributed by atoms with Gasteiger partial charge in [-0.05, 0) is 12.1 Å². The molecule has 1 aromatic carbocycles. The molecule has 0 radical (unpaired) electrons. The van der Waals surface area contributed by atoms with Crippen molar-refractivity contribution in [2.24, 2.45) is 0 Å². The second-order valence-electron chi connectivity index (χ2n) is 3.91. The number of benzene rings is 1. The van der Waals surface area contributed by atoms with Crippen LogP contribution in [0.15, 0.2) is 24.4 Å². The van der Waals surface area contributed by atoms with Crippen molar-refractivity contribution in [2.75, 3.05) is 5.73 Å². The van der Waals surface area contributed by atoms with Crippen LogP contribution in [0.3, 0.4) is 0 Å². The molecule has 0 amide bonds. The van der Waals surface area contributed by atoms with Gasteiger partial charge in [-0.2, -0.15) is 13.2 Å². The van der Waals surface area contributed by atoms with Crippen molar-refractivity contribution in [3.8, 4) is 11.6 Å². The Morgan fingerprint density at radius 2 is 1.62 bits per heavy atom. The van der Waals surface area contributed by atoms with Crippen molar-refractivity contribution in [1.82, 2.24) is 4.98 Å². The van der Waals surface area contributed by atoms with Crippen molar-refractivity contribution < 1.29 is 17.9 Å². The summed E-state index contributed by atoms with van der Waals surface area (Å²) < 4.78 is 42.8. The van der Waals surface area contributed by atoms with Gasteiger partial charge in [0.25, 0.3) is 0 Å². The van der Waals surface area contributed by atoms with Crippen molar-refractivity contribution in [3.63, 3.8) is 0 Å². The third kappa shape index (κ3) is 3.64. The lowest BCUT2D eigenvalue weighted by molar-refractivity contribution is -0.137. The summed E-state index contributed by atoms with van der Waals surface area (Å²) in [6, 6.07) is 3.36. The Kier molecular flexibility index (Phi) is 4.41. The summed E-state index contributed by atoms with van der Waals surface area (Å²) in [6.07, 6.45) is -3.94. The van der Waals surface area contributed by atoms with Crippen LogP contribution in [0.5, 0.6) is 11.6 Å². The minimum Gasteiger partial charge on any atom is -0.435 e. The number of anilines is 1. The number of nitrogens with zero attached hydrogens (tertiary/aromatic N) is 1. The van der Waals surface area contributed by atoms with Gasteiger partial charge in [0, 0.05) is 12.3 Å². The smallest absolute Gasteiger partial charge is 0.417 e. The van der Waals surface area contributed by atoms with E-state index in [2.05, 4.69) is 4.98 Å². The molecule has 1 aromatic heterocycles. The highest BCUT2D eigenvalue weighted by Crippen LogP contribution is 2.38. The molecule has 1 heterocycles. The molecule has 2 aromatic rings. The van der Waals surface area contributed by atoms with Gasteiger partial charge >= 0.3 is 6.18 Å². The Morgan fingerprint density at radius 1 is 1.00 bits per heavy atom. The Hall–Kier alpha value is -1.37. The third-order valence-electron chi connectivity index (χ3n) is 2.39. The zero-order valence-corrected chi connectivity index (χ0v) is 12.3. The summed E-state index contributed by atoms with van der Waals surface area (Å²) in [4.78, 5) is 3.53. The third-order valence-corrected chi connectivity index (χ3v) is 3.39. The van der Waals surface area contributed by atoms with Gasteiger partial charge in [-0.3, -0.25) is 0 Å². The van der Waals surface area contributed by atoms with E-state index in [-0.39, 0.29) is 32.4 Å². The van der Waals surface area contributed by atoms with Crippen molar-refractivity contribution in [3.05, 3.63) is 45.0 Å². The van der Waals surface area contributed by atoms with E-state index >= 15 is 0 Å². The summed E-state index contributed by atoms with van der Waals surface area (Å²) in [7, 11) is 0. The topological polar surface area (TPSA) is 48.1 Å². The molecule has 9 heteroatoms. The number of hydrogen-bond donors (Lipinski definition) is 1. The number of alkyl halides is 3. The maximum atomic E-state index is 12.5. The first-order chi connectivity index (χ1) is 9.68. The minimum absolute atomic E-state index is 0.0820. The molecule has 112 valence electrons. The molecule has 0 bridgehead atoms. The molecule has 0 saturated carbocycles. The van der Waals surface area contributed by atoms with Crippen LogP contribution in [-0.4, -0.2) is 4.98 Å². The zero-order valence-electron chi connectivity index (χ0n) is 10.0. The van der Waals surface area contributed by atoms with Crippen LogP contribution in [0.1, 0.15) is 5.56 Å². The average molecular weight is 358 g/mol. The first kappa shape index (κ1) is 16.0. The molecular formula is C12H6Cl3F3N2O. The molecule has 0 unspecified atom stereocenters. The summed E-state index contributed by atoms with van der Waals surface area (Å²) in [5, 5.41) is 0.0761. The van der Waals surface area contributed by atoms with E-state index in [1.165, 1.54) is 12.1 Å². The highest BCUT2D eigenvalue weighted by molar-refractivity contribution is 6.42. The van der Waals surface area contributed by atoms with E-state index in [4.69, 9.17) is 45.3 Å². The molecular weight excluding hydrogens is 351 g/mol. The molecule has 2 N–H and O–H groups in total. The number of ether oxygens (including phenoxy) is 1. The maximum Gasteiger partial charge on any atom is 0.417 e. The van der Waals surface area contributed by atoms with Crippen LogP contribution in [-0.2, 0) is 6.18 Å². The first-order valence-corrected chi connectivity index (χ1v) is 6.47. The Bertz CT molecular complexity index is 692. The normalized spacial score (nSPS) is 11.5. The van der Waals surface area contributed by atoms with E-state index in [0.29, 0.717) is 12.3 Å². The van der Waals surface area contributed by atoms with E-state index in [9.17, 15) is 13.2 Å². The fraction of sp³-hybridized carbons (Fsp3) is 0.0833. The fourth-order valence-electron chi connectivity index (χ4n) is 1.39. The van der Waals surface area contributed by atoms with Gasteiger partial charge in [0.15, 0.2) is 5.75 Å². The molecule has 3 nitrogen and oxygen atoms in total. The SMILES string of the molecule is Nc1cc(Cl)c(Cl)cc1Oc1ncc(C(F)(F)F)cc1Cl. The lowest BCUT2D eigenvalue weighted by Gasteiger charge is -2.12. The highest BCUT2D eigenvalue weighted by atomic mass is 35.5. The zero-order chi connectivity index (χ0) is 15.8. The minimum atomic E-state index is -4.54. The van der Waals surface area contributed by atoms with E-state index < -0.39 is 11.7 Å². The number of nitrogen functional groups attached to an aromatic ring is 1. The molecule has 0 aliphatic rings. The number of hydrogen-bond acceptors (Lipinski definition) is 3. The molecule has 0 aliphatic carbocycles. The number of aromatic nitrogens is 1. The number of halogens is 6. The van der Waals surface area contributed by atoms with Gasteiger partial charge in [-0.25, -0.2) is 4.98 Å². The van der Waals surface area contributed by atoms with Crippen LogP contribution in [0.25, 0.3) is 0 Å². The van der Waals surface area contributed by atoms with Crippen LogP contribution in [0, 0.1) is 0 Å². The standard InChI is InChI=1S/C12H6Cl3F3N2O/c13-6-2-9(19)10(3-7(6)14)21-11-8(15)1-5(4-20-11)12(16,17)18/h1-4H,19H2. The van der Waals surface area contributed by atoms with Crippen LogP contribution < -0.4 is 10.5 Å². The second-order valence-corrected chi connectivity index (χ2v) is 5.14. The second kappa shape index (κ2) is 5.79. The number of pyridine rings is 1. The average Bonchev–Trinajstić information content (AvgIpc) is 2.36. The van der Waals surface area contributed by atoms with Crippen LogP contribution in [0.4, 0.5) is 18.9 Å². The van der Waals surface area contributed by atoms with Gasteiger partial charge in [0.2, 0.25) is 5.88 Å². The molecule has 0 fully saturated rings. The van der Waals surface area contributed by atoms with Gasteiger partial charge in [0.1, 0.15) is 5.02 Å². The molecule has 0 atom stereocenters. The van der Waals surface area contributed by atoms with Crippen molar-refractivity contribution in [1.29, 1.82) is 0 Å². The van der Waals surface area contributed by atoms with E-state index in [1.807, 2.05) is 0 Å². The summed E-state index contributed by atoms with van der Waals surface area (Å²) in [6.45, 7) is 0. The Morgan fingerprint density at radius 3 is 2.19 bits per heavy atom. The number of rotatable bonds is 2. The van der Waals surface area contributed by atoms with Crippen LogP contribution >= 0.6 is 34.8 Å². The lowest BCUT2D eigenvalue weighted by atomic mass is 10.3. The first-order valence-electron chi connectivity index (χ1n) is 5.33. The Labute approximate surface area is 132 Å². The summed E-state index contributed by atoms with van der Waals surface area (Å²) >= 11 is 17.3. The van der Waals surface area contributed by atoms with Crippen molar-refractivity contribution in [2.45, 2.75) is 6.18 Å². The van der Waals surface area contributed by atoms with E-state index in [0.717, 1.165) is 0 Å². The molecule has 0 saturated heterocycles.